The predicted molar refractivity (Wildman–Crippen MR) is 70.9 cm³/mol. The Kier molecular flexibility index (Phi) is 5.96. The highest BCUT2D eigenvalue weighted by Gasteiger charge is 2.24. The normalized spacial score (nSPS) is 10.2. The van der Waals surface area contributed by atoms with Gasteiger partial charge in [0.2, 0.25) is 0 Å². The van der Waals surface area contributed by atoms with Gasteiger partial charge in [-0.1, -0.05) is 13.0 Å². The molecule has 0 aliphatic rings. The topological polar surface area (TPSA) is 66.8 Å². The third-order valence-corrected chi connectivity index (χ3v) is 2.61. The van der Waals surface area contributed by atoms with Gasteiger partial charge < -0.3 is 14.7 Å². The number of nitrogens with zero attached hydrogens (tertiary/aromatic N) is 1. The number of ether oxygens (including phenoxy) is 1. The van der Waals surface area contributed by atoms with Crippen LogP contribution in [0.2, 0.25) is 0 Å². The number of hydrogen-bond donors (Lipinski definition) is 1. The molecular weight excluding hydrogens is 265 g/mol. The van der Waals surface area contributed by atoms with E-state index in [1.165, 1.54) is 12.1 Å². The Bertz CT molecular complexity index is 470. The summed E-state index contributed by atoms with van der Waals surface area (Å²) in [6, 6.07) is 3.61. The van der Waals surface area contributed by atoms with E-state index in [1.807, 2.05) is 6.92 Å². The minimum Gasteiger partial charge on any atom is -0.507 e. The minimum absolute atomic E-state index is 0.206. The molecule has 6 heteroatoms. The molecule has 1 aromatic rings. The molecule has 0 heterocycles. The summed E-state index contributed by atoms with van der Waals surface area (Å²) in [5, 5.41) is 9.61. The summed E-state index contributed by atoms with van der Waals surface area (Å²) in [7, 11) is 0. The second-order valence-electron chi connectivity index (χ2n) is 4.17. The van der Waals surface area contributed by atoms with Crippen LogP contribution < -0.4 is 0 Å². The van der Waals surface area contributed by atoms with Crippen molar-refractivity contribution in [2.45, 2.75) is 20.3 Å². The first-order chi connectivity index (χ1) is 9.51. The van der Waals surface area contributed by atoms with Crippen molar-refractivity contribution in [3.05, 3.63) is 29.6 Å². The van der Waals surface area contributed by atoms with E-state index in [0.29, 0.717) is 6.42 Å². The number of benzene rings is 1. The largest absolute Gasteiger partial charge is 0.507 e. The number of aromatic hydroxyl groups is 1. The first-order valence-corrected chi connectivity index (χ1v) is 6.43. The second-order valence-corrected chi connectivity index (χ2v) is 4.17. The Balaban J connectivity index is 2.96. The molecule has 0 atom stereocenters. The summed E-state index contributed by atoms with van der Waals surface area (Å²) in [6.07, 6.45) is 0.598. The number of rotatable bonds is 6. The van der Waals surface area contributed by atoms with Crippen LogP contribution >= 0.6 is 0 Å². The molecular formula is C14H18FNO4. The maximum atomic E-state index is 13.7. The number of phenols is 1. The number of carbonyl (C=O) groups excluding carboxylic acids is 2. The molecule has 0 fully saturated rings. The van der Waals surface area contributed by atoms with E-state index in [0.717, 1.165) is 11.0 Å². The van der Waals surface area contributed by atoms with Gasteiger partial charge in [0.1, 0.15) is 23.7 Å². The van der Waals surface area contributed by atoms with Gasteiger partial charge in [-0.3, -0.25) is 9.59 Å². The van der Waals surface area contributed by atoms with E-state index in [1.54, 1.807) is 6.92 Å². The van der Waals surface area contributed by atoms with Crippen LogP contribution in [0.15, 0.2) is 18.2 Å². The maximum absolute atomic E-state index is 13.7. The SMILES string of the molecule is CCCN(CC(=O)OCC)C(=O)c1c(O)cccc1F. The Morgan fingerprint density at radius 2 is 2.05 bits per heavy atom. The molecule has 0 unspecified atom stereocenters. The first-order valence-electron chi connectivity index (χ1n) is 6.43. The van der Waals surface area contributed by atoms with Crippen molar-refractivity contribution < 1.29 is 23.8 Å². The standard InChI is InChI=1S/C14H18FNO4/c1-3-8-16(9-12(18)20-4-2)14(19)13-10(15)6-5-7-11(13)17/h5-7,17H,3-4,8-9H2,1-2H3. The van der Waals surface area contributed by atoms with Crippen LogP contribution in [-0.2, 0) is 9.53 Å². The zero-order valence-electron chi connectivity index (χ0n) is 11.6. The van der Waals surface area contributed by atoms with Crippen molar-refractivity contribution in [1.29, 1.82) is 0 Å². The van der Waals surface area contributed by atoms with Crippen molar-refractivity contribution in [1.82, 2.24) is 4.90 Å². The first kappa shape index (κ1) is 15.9. The highest BCUT2D eigenvalue weighted by molar-refractivity contribution is 5.98. The van der Waals surface area contributed by atoms with Crippen LogP contribution in [0.4, 0.5) is 4.39 Å². The minimum atomic E-state index is -0.819. The molecule has 1 N–H and O–H groups in total. The summed E-state index contributed by atoms with van der Waals surface area (Å²) in [6.45, 7) is 3.69. The van der Waals surface area contributed by atoms with Gasteiger partial charge in [0, 0.05) is 6.54 Å². The highest BCUT2D eigenvalue weighted by Crippen LogP contribution is 2.21. The van der Waals surface area contributed by atoms with E-state index < -0.39 is 29.0 Å². The van der Waals surface area contributed by atoms with Gasteiger partial charge >= 0.3 is 5.97 Å². The lowest BCUT2D eigenvalue weighted by Crippen LogP contribution is -2.37. The molecule has 5 nitrogen and oxygen atoms in total. The average molecular weight is 283 g/mol. The molecule has 0 saturated carbocycles. The van der Waals surface area contributed by atoms with Gasteiger partial charge in [-0.05, 0) is 25.5 Å². The Hall–Kier alpha value is -2.11. The molecule has 110 valence electrons. The number of amides is 1. The van der Waals surface area contributed by atoms with Crippen molar-refractivity contribution in [2.24, 2.45) is 0 Å². The number of hydrogen-bond acceptors (Lipinski definition) is 4. The van der Waals surface area contributed by atoms with E-state index >= 15 is 0 Å². The third kappa shape index (κ3) is 3.94. The van der Waals surface area contributed by atoms with Crippen LogP contribution in [0.5, 0.6) is 5.75 Å². The van der Waals surface area contributed by atoms with Crippen LogP contribution in [0.25, 0.3) is 0 Å². The molecule has 0 aliphatic heterocycles. The Morgan fingerprint density at radius 1 is 1.35 bits per heavy atom. The molecule has 0 radical (unpaired) electrons. The molecule has 1 amide bonds. The second kappa shape index (κ2) is 7.47. The van der Waals surface area contributed by atoms with E-state index in [9.17, 15) is 19.1 Å². The van der Waals surface area contributed by atoms with Crippen molar-refractivity contribution in [2.75, 3.05) is 19.7 Å². The fourth-order valence-electron chi connectivity index (χ4n) is 1.77. The van der Waals surface area contributed by atoms with Gasteiger partial charge in [0.25, 0.3) is 5.91 Å². The molecule has 0 aromatic heterocycles. The lowest BCUT2D eigenvalue weighted by atomic mass is 10.1. The number of carbonyl (C=O) groups is 2. The molecule has 1 rings (SSSR count). The molecule has 0 aliphatic carbocycles. The predicted octanol–water partition coefficient (Wildman–Crippen LogP) is 1.95. The lowest BCUT2D eigenvalue weighted by molar-refractivity contribution is -0.143. The van der Waals surface area contributed by atoms with Crippen LogP contribution in [0.1, 0.15) is 30.6 Å². The van der Waals surface area contributed by atoms with Gasteiger partial charge in [0.15, 0.2) is 0 Å². The summed E-state index contributed by atoms with van der Waals surface area (Å²) < 4.78 is 18.4. The summed E-state index contributed by atoms with van der Waals surface area (Å²) >= 11 is 0. The van der Waals surface area contributed by atoms with Crippen molar-refractivity contribution >= 4 is 11.9 Å². The van der Waals surface area contributed by atoms with Crippen LogP contribution in [0, 0.1) is 5.82 Å². The molecule has 0 bridgehead atoms. The fraction of sp³-hybridized carbons (Fsp3) is 0.429. The number of halogens is 1. The van der Waals surface area contributed by atoms with Crippen LogP contribution in [0.3, 0.4) is 0 Å². The van der Waals surface area contributed by atoms with Crippen LogP contribution in [-0.4, -0.2) is 41.6 Å². The third-order valence-electron chi connectivity index (χ3n) is 2.61. The molecule has 20 heavy (non-hydrogen) atoms. The van der Waals surface area contributed by atoms with Gasteiger partial charge in [-0.15, -0.1) is 0 Å². The van der Waals surface area contributed by atoms with E-state index in [2.05, 4.69) is 0 Å². The number of esters is 1. The summed E-state index contributed by atoms with van der Waals surface area (Å²) in [5.74, 6) is -2.56. The maximum Gasteiger partial charge on any atom is 0.325 e. The lowest BCUT2D eigenvalue weighted by Gasteiger charge is -2.21. The molecule has 0 spiro atoms. The quantitative estimate of drug-likeness (QED) is 0.810. The van der Waals surface area contributed by atoms with Gasteiger partial charge in [-0.2, -0.15) is 0 Å². The number of phenolic OH excluding ortho intramolecular Hbond substituents is 1. The smallest absolute Gasteiger partial charge is 0.325 e. The zero-order valence-corrected chi connectivity index (χ0v) is 11.6. The molecule has 0 saturated heterocycles. The Labute approximate surface area is 117 Å². The monoisotopic (exact) mass is 283 g/mol. The van der Waals surface area contributed by atoms with Crippen molar-refractivity contribution in [3.63, 3.8) is 0 Å². The Morgan fingerprint density at radius 3 is 2.60 bits per heavy atom. The fourth-order valence-corrected chi connectivity index (χ4v) is 1.77. The average Bonchev–Trinajstić information content (AvgIpc) is 2.38. The highest BCUT2D eigenvalue weighted by atomic mass is 19.1. The summed E-state index contributed by atoms with van der Waals surface area (Å²) in [4.78, 5) is 24.9. The van der Waals surface area contributed by atoms with Gasteiger partial charge in [0.05, 0.1) is 6.61 Å². The zero-order chi connectivity index (χ0) is 15.1. The van der Waals surface area contributed by atoms with E-state index in [4.69, 9.17) is 4.74 Å². The van der Waals surface area contributed by atoms with Crippen molar-refractivity contribution in [3.8, 4) is 5.75 Å². The summed E-state index contributed by atoms with van der Waals surface area (Å²) in [5.41, 5.74) is -0.426. The van der Waals surface area contributed by atoms with Gasteiger partial charge in [-0.25, -0.2) is 4.39 Å². The molecule has 1 aromatic carbocycles. The van der Waals surface area contributed by atoms with E-state index in [-0.39, 0.29) is 19.7 Å².